The van der Waals surface area contributed by atoms with E-state index in [1.165, 1.54) is 0 Å². The van der Waals surface area contributed by atoms with Crippen molar-refractivity contribution in [3.63, 3.8) is 0 Å². The van der Waals surface area contributed by atoms with Crippen molar-refractivity contribution in [2.75, 3.05) is 0 Å². The van der Waals surface area contributed by atoms with Crippen molar-refractivity contribution in [2.45, 2.75) is 13.8 Å². The van der Waals surface area contributed by atoms with Gasteiger partial charge in [-0.3, -0.25) is 9.98 Å². The average Bonchev–Trinajstić information content (AvgIpc) is 2.80. The molecule has 0 aliphatic rings. The molecular weight excluding hydrogens is 460 g/mol. The van der Waals surface area contributed by atoms with Crippen LogP contribution in [0.15, 0.2) is 107 Å². The molecule has 169 valence electrons. The van der Waals surface area contributed by atoms with E-state index in [4.69, 9.17) is 0 Å². The van der Waals surface area contributed by atoms with Crippen LogP contribution in [0.25, 0.3) is 0 Å². The summed E-state index contributed by atoms with van der Waals surface area (Å²) in [5.41, 5.74) is 5.22. The van der Waals surface area contributed by atoms with Gasteiger partial charge in [0.05, 0.1) is 11.4 Å². The van der Waals surface area contributed by atoms with Gasteiger partial charge < -0.3 is 10.2 Å². The Labute approximate surface area is 205 Å². The maximum Gasteiger partial charge on any atom is 2.00 e. The monoisotopic (exact) mass is 483 g/mol. The van der Waals surface area contributed by atoms with Crippen LogP contribution in [0.3, 0.4) is 0 Å². The Morgan fingerprint density at radius 1 is 0.515 bits per heavy atom. The van der Waals surface area contributed by atoms with Crippen LogP contribution < -0.4 is 10.2 Å². The molecule has 4 aromatic carbocycles. The van der Waals surface area contributed by atoms with Crippen molar-refractivity contribution in [3.05, 3.63) is 119 Å². The molecule has 0 bridgehead atoms. The fourth-order valence-electron chi connectivity index (χ4n) is 2.87. The molecule has 0 amide bonds. The molecular formula is C28H24CuN2O2. The van der Waals surface area contributed by atoms with Gasteiger partial charge in [-0.25, -0.2) is 0 Å². The summed E-state index contributed by atoms with van der Waals surface area (Å²) in [6.45, 7) is 3.99. The molecule has 0 saturated heterocycles. The molecule has 0 aliphatic heterocycles. The minimum Gasteiger partial charge on any atom is -0.872 e. The van der Waals surface area contributed by atoms with Crippen molar-refractivity contribution in [1.29, 1.82) is 0 Å². The predicted octanol–water partition coefficient (Wildman–Crippen LogP) is 5.64. The normalized spacial score (nSPS) is 10.5. The first-order chi connectivity index (χ1) is 15.5. The summed E-state index contributed by atoms with van der Waals surface area (Å²) in [5.74, 6) is -0.000307. The van der Waals surface area contributed by atoms with E-state index >= 15 is 0 Å². The first-order valence-electron chi connectivity index (χ1n) is 10.3. The minimum atomic E-state index is -0.000154. The molecule has 0 atom stereocenters. The van der Waals surface area contributed by atoms with Crippen LogP contribution in [-0.4, -0.2) is 12.4 Å². The second kappa shape index (κ2) is 13.0. The summed E-state index contributed by atoms with van der Waals surface area (Å²) in [6.07, 6.45) is 3.23. The number of nitrogens with zero attached hydrogens (tertiary/aromatic N) is 2. The van der Waals surface area contributed by atoms with Crippen molar-refractivity contribution in [1.82, 2.24) is 0 Å². The van der Waals surface area contributed by atoms with Gasteiger partial charge in [-0.15, -0.1) is 11.5 Å². The van der Waals surface area contributed by atoms with Gasteiger partial charge >= 0.3 is 17.1 Å². The number of aryl methyl sites for hydroxylation is 2. The molecule has 0 fully saturated rings. The molecule has 33 heavy (non-hydrogen) atoms. The van der Waals surface area contributed by atoms with Gasteiger partial charge in [0.2, 0.25) is 0 Å². The summed E-state index contributed by atoms with van der Waals surface area (Å²) < 4.78 is 0. The molecule has 0 N–H and O–H groups in total. The Hall–Kier alpha value is -3.66. The van der Waals surface area contributed by atoms with E-state index in [1.807, 2.05) is 74.5 Å². The SMILES string of the molecule is Cc1ccccc1N=Cc1ccccc1[O-].Cc1ccccc1N=Cc1ccccc1[O-].[Cu+2]. The van der Waals surface area contributed by atoms with Crippen LogP contribution in [-0.2, 0) is 17.1 Å². The first-order valence-corrected chi connectivity index (χ1v) is 10.3. The van der Waals surface area contributed by atoms with E-state index in [1.54, 1.807) is 48.8 Å². The minimum absolute atomic E-state index is 0. The zero-order chi connectivity index (χ0) is 22.8. The van der Waals surface area contributed by atoms with E-state index in [0.29, 0.717) is 11.1 Å². The third-order valence-electron chi connectivity index (χ3n) is 4.75. The van der Waals surface area contributed by atoms with Crippen molar-refractivity contribution >= 4 is 23.8 Å². The van der Waals surface area contributed by atoms with Crippen molar-refractivity contribution in [2.24, 2.45) is 9.98 Å². The van der Waals surface area contributed by atoms with Crippen molar-refractivity contribution < 1.29 is 27.3 Å². The van der Waals surface area contributed by atoms with Gasteiger partial charge in [-0.05, 0) is 48.2 Å². The molecule has 1 radical (unpaired) electrons. The summed E-state index contributed by atoms with van der Waals surface area (Å²) in [6, 6.07) is 29.4. The average molecular weight is 484 g/mol. The van der Waals surface area contributed by atoms with Gasteiger partial charge in [0.25, 0.3) is 0 Å². The van der Waals surface area contributed by atoms with Gasteiger partial charge in [-0.2, -0.15) is 0 Å². The Morgan fingerprint density at radius 2 is 0.848 bits per heavy atom. The second-order valence-corrected chi connectivity index (χ2v) is 7.17. The molecule has 0 aromatic heterocycles. The smallest absolute Gasteiger partial charge is 0.872 e. The molecule has 4 nitrogen and oxygen atoms in total. The van der Waals surface area contributed by atoms with Crippen LogP contribution >= 0.6 is 0 Å². The fourth-order valence-corrected chi connectivity index (χ4v) is 2.87. The van der Waals surface area contributed by atoms with Gasteiger partial charge in [0, 0.05) is 12.4 Å². The molecule has 4 rings (SSSR count). The third-order valence-corrected chi connectivity index (χ3v) is 4.75. The Morgan fingerprint density at radius 3 is 1.21 bits per heavy atom. The number of para-hydroxylation sites is 4. The van der Waals surface area contributed by atoms with Gasteiger partial charge in [0.15, 0.2) is 0 Å². The quantitative estimate of drug-likeness (QED) is 0.278. The molecule has 5 heteroatoms. The van der Waals surface area contributed by atoms with Crippen molar-refractivity contribution in [3.8, 4) is 11.5 Å². The summed E-state index contributed by atoms with van der Waals surface area (Å²) in [5, 5.41) is 22.9. The zero-order valence-electron chi connectivity index (χ0n) is 18.4. The number of rotatable bonds is 4. The van der Waals surface area contributed by atoms with Gasteiger partial charge in [0.1, 0.15) is 0 Å². The standard InChI is InChI=1S/2C14H13NO.Cu/c2*1-11-6-2-4-8-13(11)15-10-12-7-3-5-9-14(12)16;/h2*2-10,16H,1H3;/q;;+2/p-2. The molecule has 0 unspecified atom stereocenters. The predicted molar refractivity (Wildman–Crippen MR) is 129 cm³/mol. The maximum absolute atomic E-state index is 11.4. The van der Waals surface area contributed by atoms with Gasteiger partial charge in [-0.1, -0.05) is 84.9 Å². The van der Waals surface area contributed by atoms with Crippen LogP contribution in [0.1, 0.15) is 22.3 Å². The zero-order valence-corrected chi connectivity index (χ0v) is 19.3. The summed E-state index contributed by atoms with van der Waals surface area (Å²) in [4.78, 5) is 8.62. The van der Waals surface area contributed by atoms with E-state index in [9.17, 15) is 10.2 Å². The largest absolute Gasteiger partial charge is 2.00 e. The van der Waals surface area contributed by atoms with Crippen LogP contribution in [0.5, 0.6) is 11.5 Å². The van der Waals surface area contributed by atoms with E-state index < -0.39 is 0 Å². The van der Waals surface area contributed by atoms with Crippen LogP contribution in [0.2, 0.25) is 0 Å². The number of hydrogen-bond acceptors (Lipinski definition) is 4. The Kier molecular flexibility index (Phi) is 10.1. The topological polar surface area (TPSA) is 70.8 Å². The third kappa shape index (κ3) is 7.76. The number of hydrogen-bond donors (Lipinski definition) is 0. The summed E-state index contributed by atoms with van der Waals surface area (Å²) in [7, 11) is 0. The van der Waals surface area contributed by atoms with Crippen LogP contribution in [0, 0.1) is 13.8 Å². The number of benzene rings is 4. The molecule has 0 spiro atoms. The number of aliphatic imine (C=N–C) groups is 2. The Balaban J connectivity index is 0.000000227. The van der Waals surface area contributed by atoms with E-state index in [0.717, 1.165) is 22.5 Å². The molecule has 0 saturated carbocycles. The molecule has 4 aromatic rings. The first kappa shape index (κ1) is 25.6. The van der Waals surface area contributed by atoms with E-state index in [-0.39, 0.29) is 28.6 Å². The van der Waals surface area contributed by atoms with Crippen LogP contribution in [0.4, 0.5) is 11.4 Å². The molecule has 0 aliphatic carbocycles. The molecule has 0 heterocycles. The fraction of sp³-hybridized carbons (Fsp3) is 0.0714. The summed E-state index contributed by atoms with van der Waals surface area (Å²) >= 11 is 0. The second-order valence-electron chi connectivity index (χ2n) is 7.17. The Bertz CT molecular complexity index is 1040. The maximum atomic E-state index is 11.4. The van der Waals surface area contributed by atoms with E-state index in [2.05, 4.69) is 9.98 Å².